The van der Waals surface area contributed by atoms with Gasteiger partial charge in [-0.15, -0.1) is 0 Å². The third-order valence-corrected chi connectivity index (χ3v) is 1.24. The summed E-state index contributed by atoms with van der Waals surface area (Å²) in [6.07, 6.45) is 11.7. The summed E-state index contributed by atoms with van der Waals surface area (Å²) in [5.41, 5.74) is 2.01. The Morgan fingerprint density at radius 3 is 1.50 bits per heavy atom. The molecule has 0 heteroatoms. The van der Waals surface area contributed by atoms with Gasteiger partial charge in [0, 0.05) is 0 Å². The van der Waals surface area contributed by atoms with E-state index in [2.05, 4.69) is 13.2 Å². The molecule has 0 saturated heterocycles. The Balaban J connectivity index is 2.90. The van der Waals surface area contributed by atoms with Gasteiger partial charge in [-0.05, 0) is 11.1 Å². The third-order valence-electron chi connectivity index (χ3n) is 1.24. The summed E-state index contributed by atoms with van der Waals surface area (Å²) in [6, 6.07) is 0. The normalized spacial score (nSPS) is 26.8. The number of hydrogen-bond acceptors (Lipinski definition) is 0. The fourth-order valence-electron chi connectivity index (χ4n) is 0.683. The van der Waals surface area contributed by atoms with E-state index in [-0.39, 0.29) is 0 Å². The molecule has 0 heterocycles. The van der Waals surface area contributed by atoms with Crippen LogP contribution in [-0.4, -0.2) is 0 Å². The van der Waals surface area contributed by atoms with Crippen molar-refractivity contribution in [2.24, 2.45) is 0 Å². The molecule has 0 aromatic rings. The fourth-order valence-corrected chi connectivity index (χ4v) is 0.683. The highest BCUT2D eigenvalue weighted by atomic mass is 13.9. The van der Waals surface area contributed by atoms with Gasteiger partial charge in [0.05, 0.1) is 0 Å². The van der Waals surface area contributed by atoms with Gasteiger partial charge in [0.25, 0.3) is 0 Å². The summed E-state index contributed by atoms with van der Waals surface area (Å²) in [5, 5.41) is 0. The average molecular weight is 130 g/mol. The van der Waals surface area contributed by atoms with Crippen LogP contribution >= 0.6 is 0 Å². The van der Waals surface area contributed by atoms with Crippen LogP contribution in [0, 0.1) is 0 Å². The van der Waals surface area contributed by atoms with Gasteiger partial charge in [-0.1, -0.05) is 49.6 Å². The Labute approximate surface area is 61.6 Å². The minimum Gasteiger partial charge on any atom is -0.0918 e. The van der Waals surface area contributed by atoms with Crippen LogP contribution in [0.2, 0.25) is 0 Å². The molecule has 0 unspecified atom stereocenters. The molecule has 50 valence electrons. The van der Waals surface area contributed by atoms with E-state index in [0.717, 1.165) is 11.1 Å². The molecule has 0 nitrogen and oxygen atoms in total. The van der Waals surface area contributed by atoms with E-state index in [0.29, 0.717) is 0 Å². The highest BCUT2D eigenvalue weighted by Crippen LogP contribution is 2.04. The van der Waals surface area contributed by atoms with E-state index in [9.17, 15) is 0 Å². The van der Waals surface area contributed by atoms with Crippen molar-refractivity contribution in [3.8, 4) is 0 Å². The van der Waals surface area contributed by atoms with Gasteiger partial charge in [-0.3, -0.25) is 0 Å². The Hall–Kier alpha value is -1.30. The van der Waals surface area contributed by atoms with E-state index >= 15 is 0 Å². The average Bonchev–Trinajstić information content (AvgIpc) is 1.90. The van der Waals surface area contributed by atoms with Crippen molar-refractivity contribution in [3.05, 3.63) is 60.8 Å². The summed E-state index contributed by atoms with van der Waals surface area (Å²) in [6.45, 7) is 7.60. The monoisotopic (exact) mass is 130 g/mol. The highest BCUT2D eigenvalue weighted by Gasteiger charge is 1.84. The van der Waals surface area contributed by atoms with E-state index in [1.807, 2.05) is 36.5 Å². The van der Waals surface area contributed by atoms with Gasteiger partial charge in [-0.2, -0.15) is 0 Å². The molecule has 0 amide bonds. The van der Waals surface area contributed by atoms with Crippen LogP contribution in [0.15, 0.2) is 60.8 Å². The largest absolute Gasteiger partial charge is 0.0918 e. The molecule has 1 aliphatic rings. The molecule has 0 saturated carbocycles. The maximum absolute atomic E-state index is 3.80. The Morgan fingerprint density at radius 1 is 0.700 bits per heavy atom. The quantitative estimate of drug-likeness (QED) is 0.473. The summed E-state index contributed by atoms with van der Waals surface area (Å²) >= 11 is 0. The molecule has 0 aromatic carbocycles. The first kappa shape index (κ1) is 6.81. The third kappa shape index (κ3) is 1.90. The van der Waals surface area contributed by atoms with E-state index in [4.69, 9.17) is 0 Å². The number of allylic oxidation sites excluding steroid dienone is 8. The molecule has 0 atom stereocenters. The van der Waals surface area contributed by atoms with Gasteiger partial charge in [0.15, 0.2) is 0 Å². The van der Waals surface area contributed by atoms with Crippen LogP contribution in [0.3, 0.4) is 0 Å². The van der Waals surface area contributed by atoms with Crippen LogP contribution in [0.25, 0.3) is 0 Å². The minimum atomic E-state index is 1.01. The lowest BCUT2D eigenvalue weighted by molar-refractivity contribution is 1.63. The maximum atomic E-state index is 3.80. The summed E-state index contributed by atoms with van der Waals surface area (Å²) in [7, 11) is 0. The second-order valence-electron chi connectivity index (χ2n) is 2.20. The van der Waals surface area contributed by atoms with Crippen LogP contribution in [-0.2, 0) is 0 Å². The lowest BCUT2D eigenvalue weighted by Crippen LogP contribution is -1.72. The molecule has 10 heavy (non-hydrogen) atoms. The molecule has 0 aromatic heterocycles. The second kappa shape index (κ2) is 3.02. The maximum Gasteiger partial charge on any atom is -0.0329 e. The Kier molecular flexibility index (Phi) is 2.06. The summed E-state index contributed by atoms with van der Waals surface area (Å²) < 4.78 is 0. The molecular weight excluding hydrogens is 120 g/mol. The van der Waals surface area contributed by atoms with Crippen molar-refractivity contribution in [1.29, 1.82) is 0 Å². The smallest absolute Gasteiger partial charge is 0.0329 e. The first-order chi connectivity index (χ1) is 4.79. The fraction of sp³-hybridized carbons (Fsp3) is 0. The van der Waals surface area contributed by atoms with E-state index in [1.165, 1.54) is 0 Å². The van der Waals surface area contributed by atoms with Gasteiger partial charge < -0.3 is 0 Å². The zero-order valence-corrected chi connectivity index (χ0v) is 5.88. The van der Waals surface area contributed by atoms with Gasteiger partial charge in [0.1, 0.15) is 0 Å². The minimum absolute atomic E-state index is 1.01. The zero-order chi connectivity index (χ0) is 7.40. The van der Waals surface area contributed by atoms with Gasteiger partial charge in [0.2, 0.25) is 0 Å². The van der Waals surface area contributed by atoms with Crippen molar-refractivity contribution in [1.82, 2.24) is 0 Å². The van der Waals surface area contributed by atoms with Crippen molar-refractivity contribution in [3.63, 3.8) is 0 Å². The molecule has 0 aliphatic heterocycles. The first-order valence-electron chi connectivity index (χ1n) is 3.20. The molecule has 0 radical (unpaired) electrons. The highest BCUT2D eigenvalue weighted by molar-refractivity contribution is 5.40. The van der Waals surface area contributed by atoms with Gasteiger partial charge in [-0.25, -0.2) is 0 Å². The van der Waals surface area contributed by atoms with E-state index in [1.54, 1.807) is 0 Å². The van der Waals surface area contributed by atoms with Crippen LogP contribution < -0.4 is 0 Å². The Bertz CT molecular complexity index is 211. The first-order valence-corrected chi connectivity index (χ1v) is 3.20. The lowest BCUT2D eigenvalue weighted by atomic mass is 10.1. The van der Waals surface area contributed by atoms with Crippen LogP contribution in [0.1, 0.15) is 0 Å². The van der Waals surface area contributed by atoms with Crippen molar-refractivity contribution >= 4 is 0 Å². The molecule has 0 fully saturated rings. The van der Waals surface area contributed by atoms with Crippen LogP contribution in [0.4, 0.5) is 0 Å². The van der Waals surface area contributed by atoms with Crippen molar-refractivity contribution in [2.45, 2.75) is 0 Å². The molecule has 1 rings (SSSR count). The number of rotatable bonds is 0. The van der Waals surface area contributed by atoms with Crippen molar-refractivity contribution in [2.75, 3.05) is 0 Å². The Morgan fingerprint density at radius 2 is 1.10 bits per heavy atom. The topological polar surface area (TPSA) is 0 Å². The molecule has 1 aliphatic carbocycles. The van der Waals surface area contributed by atoms with Crippen molar-refractivity contribution < 1.29 is 0 Å². The van der Waals surface area contributed by atoms with Crippen LogP contribution in [0.5, 0.6) is 0 Å². The van der Waals surface area contributed by atoms with Gasteiger partial charge >= 0.3 is 0 Å². The lowest BCUT2D eigenvalue weighted by Gasteiger charge is -1.93. The molecule has 0 bridgehead atoms. The zero-order valence-electron chi connectivity index (χ0n) is 5.88. The standard InChI is InChI=1S/C10H10/c1-9-5-3-4-6-10(2)8-7-9/h3-8H,1-2H2/b5-3-,6-4-,8-7-. The summed E-state index contributed by atoms with van der Waals surface area (Å²) in [4.78, 5) is 0. The molecule has 0 spiro atoms. The van der Waals surface area contributed by atoms with E-state index < -0.39 is 0 Å². The summed E-state index contributed by atoms with van der Waals surface area (Å²) in [5.74, 6) is 0. The molecule has 0 N–H and O–H groups in total. The SMILES string of the molecule is C=C1/C=C\C=C/C(=C)/C=C\1. The predicted octanol–water partition coefficient (Wildman–Crippen LogP) is 2.78. The predicted molar refractivity (Wildman–Crippen MR) is 45.7 cm³/mol. The second-order valence-corrected chi connectivity index (χ2v) is 2.20. The number of hydrogen-bond donors (Lipinski definition) is 0. The molecular formula is C10H10.